The number of carbonyl (C=O) groups excluding carboxylic acids is 2. The molecule has 8 nitrogen and oxygen atoms in total. The van der Waals surface area contributed by atoms with Gasteiger partial charge in [-0.05, 0) is 12.1 Å². The van der Waals surface area contributed by atoms with E-state index in [9.17, 15) is 19.5 Å². The van der Waals surface area contributed by atoms with Crippen LogP contribution < -0.4 is 10.2 Å². The Morgan fingerprint density at radius 3 is 2.65 bits per heavy atom. The summed E-state index contributed by atoms with van der Waals surface area (Å²) in [4.78, 5) is 40.6. The number of para-hydroxylation sites is 1. The standard InChI is InChI=1S/C18H21N3O5/c22-15-13-9-21(11-18(13,10-19-15)17(24)25)16(23)12-3-1-2-4-14(12)20-5-7-26-8-6-20/h1-4,13H,5-11H2,(H,19,22)(H,24,25)/t13-,18+/m0/s1. The zero-order valence-corrected chi connectivity index (χ0v) is 14.3. The largest absolute Gasteiger partial charge is 0.481 e. The van der Waals surface area contributed by atoms with Gasteiger partial charge in [-0.25, -0.2) is 0 Å². The predicted molar refractivity (Wildman–Crippen MR) is 91.9 cm³/mol. The van der Waals surface area contributed by atoms with E-state index in [4.69, 9.17) is 4.74 Å². The maximum Gasteiger partial charge on any atom is 0.314 e. The van der Waals surface area contributed by atoms with Gasteiger partial charge in [0, 0.05) is 38.4 Å². The smallest absolute Gasteiger partial charge is 0.314 e. The van der Waals surface area contributed by atoms with E-state index in [2.05, 4.69) is 10.2 Å². The van der Waals surface area contributed by atoms with Crippen LogP contribution in [0.15, 0.2) is 24.3 Å². The van der Waals surface area contributed by atoms with Crippen molar-refractivity contribution >= 4 is 23.5 Å². The molecule has 1 aromatic carbocycles. The number of morpholine rings is 1. The minimum Gasteiger partial charge on any atom is -0.481 e. The number of fused-ring (bicyclic) bond motifs is 1. The molecular weight excluding hydrogens is 338 g/mol. The van der Waals surface area contributed by atoms with E-state index in [1.165, 1.54) is 4.90 Å². The first-order valence-electron chi connectivity index (χ1n) is 8.75. The van der Waals surface area contributed by atoms with Gasteiger partial charge in [0.25, 0.3) is 5.91 Å². The molecule has 26 heavy (non-hydrogen) atoms. The summed E-state index contributed by atoms with van der Waals surface area (Å²) in [5, 5.41) is 12.3. The molecule has 3 fully saturated rings. The lowest BCUT2D eigenvalue weighted by atomic mass is 9.81. The molecule has 3 aliphatic heterocycles. The number of carbonyl (C=O) groups is 3. The lowest BCUT2D eigenvalue weighted by molar-refractivity contribution is -0.149. The third kappa shape index (κ3) is 2.52. The van der Waals surface area contributed by atoms with Gasteiger partial charge in [-0.2, -0.15) is 0 Å². The van der Waals surface area contributed by atoms with Crippen molar-refractivity contribution in [2.45, 2.75) is 0 Å². The van der Waals surface area contributed by atoms with Gasteiger partial charge in [-0.15, -0.1) is 0 Å². The second-order valence-electron chi connectivity index (χ2n) is 7.03. The number of nitrogens with zero attached hydrogens (tertiary/aromatic N) is 2. The summed E-state index contributed by atoms with van der Waals surface area (Å²) in [7, 11) is 0. The molecular formula is C18H21N3O5. The average molecular weight is 359 g/mol. The Hall–Kier alpha value is -2.61. The quantitative estimate of drug-likeness (QED) is 0.775. The van der Waals surface area contributed by atoms with Gasteiger partial charge in [0.05, 0.1) is 24.7 Å². The van der Waals surface area contributed by atoms with Gasteiger partial charge in [0.15, 0.2) is 0 Å². The van der Waals surface area contributed by atoms with Crippen molar-refractivity contribution in [3.63, 3.8) is 0 Å². The van der Waals surface area contributed by atoms with Crippen LogP contribution in [-0.2, 0) is 14.3 Å². The fourth-order valence-electron chi connectivity index (χ4n) is 4.14. The summed E-state index contributed by atoms with van der Waals surface area (Å²) in [6.07, 6.45) is 0. The molecule has 1 aromatic rings. The average Bonchev–Trinajstić information content (AvgIpc) is 3.21. The maximum atomic E-state index is 13.2. The van der Waals surface area contributed by atoms with E-state index in [-0.39, 0.29) is 31.4 Å². The fraction of sp³-hybridized carbons (Fsp3) is 0.500. The Morgan fingerprint density at radius 2 is 1.96 bits per heavy atom. The second-order valence-corrected chi connectivity index (χ2v) is 7.03. The molecule has 0 saturated carbocycles. The number of nitrogens with one attached hydrogen (secondary N) is 1. The second kappa shape index (κ2) is 6.28. The molecule has 0 bridgehead atoms. The summed E-state index contributed by atoms with van der Waals surface area (Å²) in [6, 6.07) is 7.34. The zero-order chi connectivity index (χ0) is 18.3. The van der Waals surface area contributed by atoms with E-state index >= 15 is 0 Å². The number of carboxylic acids is 1. The van der Waals surface area contributed by atoms with Crippen LogP contribution in [0, 0.1) is 11.3 Å². The van der Waals surface area contributed by atoms with Crippen molar-refractivity contribution in [3.8, 4) is 0 Å². The molecule has 2 N–H and O–H groups in total. The zero-order valence-electron chi connectivity index (χ0n) is 14.3. The normalized spacial score (nSPS) is 28.0. The molecule has 0 radical (unpaired) electrons. The number of aliphatic carboxylic acids is 1. The summed E-state index contributed by atoms with van der Waals surface area (Å²) in [5.74, 6) is -2.24. The highest BCUT2D eigenvalue weighted by Crippen LogP contribution is 2.41. The number of ether oxygens (including phenoxy) is 1. The lowest BCUT2D eigenvalue weighted by Crippen LogP contribution is -2.42. The number of benzene rings is 1. The van der Waals surface area contributed by atoms with E-state index in [0.717, 1.165) is 5.69 Å². The van der Waals surface area contributed by atoms with E-state index < -0.39 is 17.3 Å². The monoisotopic (exact) mass is 359 g/mol. The summed E-state index contributed by atoms with van der Waals surface area (Å²) in [5.41, 5.74) is 0.141. The number of likely N-dealkylation sites (tertiary alicyclic amines) is 1. The number of hydrogen-bond acceptors (Lipinski definition) is 5. The summed E-state index contributed by atoms with van der Waals surface area (Å²) >= 11 is 0. The molecule has 3 saturated heterocycles. The van der Waals surface area contributed by atoms with Crippen molar-refractivity contribution in [1.29, 1.82) is 0 Å². The van der Waals surface area contributed by atoms with Crippen molar-refractivity contribution in [2.75, 3.05) is 50.8 Å². The number of carboxylic acid groups (broad SMARTS) is 1. The first-order valence-corrected chi connectivity index (χ1v) is 8.75. The van der Waals surface area contributed by atoms with Gasteiger partial charge >= 0.3 is 5.97 Å². The Balaban J connectivity index is 1.61. The Kier molecular flexibility index (Phi) is 4.07. The molecule has 0 aliphatic carbocycles. The van der Waals surface area contributed by atoms with Crippen LogP contribution >= 0.6 is 0 Å². The Morgan fingerprint density at radius 1 is 1.23 bits per heavy atom. The third-order valence-corrected chi connectivity index (χ3v) is 5.64. The summed E-state index contributed by atoms with van der Waals surface area (Å²) < 4.78 is 5.38. The molecule has 0 spiro atoms. The minimum atomic E-state index is -1.22. The minimum absolute atomic E-state index is 0.0437. The van der Waals surface area contributed by atoms with E-state index in [1.54, 1.807) is 12.1 Å². The third-order valence-electron chi connectivity index (χ3n) is 5.64. The molecule has 2 atom stereocenters. The van der Waals surface area contributed by atoms with E-state index in [1.807, 2.05) is 12.1 Å². The number of hydrogen-bond donors (Lipinski definition) is 2. The molecule has 4 rings (SSSR count). The molecule has 138 valence electrons. The van der Waals surface area contributed by atoms with Crippen LogP contribution in [-0.4, -0.2) is 73.7 Å². The van der Waals surface area contributed by atoms with Crippen molar-refractivity contribution < 1.29 is 24.2 Å². The molecule has 3 heterocycles. The number of amides is 2. The molecule has 0 aromatic heterocycles. The highest BCUT2D eigenvalue weighted by atomic mass is 16.5. The SMILES string of the molecule is O=C1NC[C@@]2(C(=O)O)CN(C(=O)c3ccccc3N3CCOCC3)C[C@@H]12. The van der Waals surface area contributed by atoms with Crippen LogP contribution in [0.1, 0.15) is 10.4 Å². The van der Waals surface area contributed by atoms with Gasteiger partial charge in [0.2, 0.25) is 5.91 Å². The van der Waals surface area contributed by atoms with Crippen molar-refractivity contribution in [2.24, 2.45) is 11.3 Å². The summed E-state index contributed by atoms with van der Waals surface area (Å²) in [6.45, 7) is 2.87. The first-order chi connectivity index (χ1) is 12.5. The van der Waals surface area contributed by atoms with Gasteiger partial charge in [-0.1, -0.05) is 12.1 Å². The Bertz CT molecular complexity index is 761. The maximum absolute atomic E-state index is 13.2. The molecule has 3 aliphatic rings. The fourth-order valence-corrected chi connectivity index (χ4v) is 4.14. The topological polar surface area (TPSA) is 99.2 Å². The van der Waals surface area contributed by atoms with E-state index in [0.29, 0.717) is 31.9 Å². The van der Waals surface area contributed by atoms with Crippen LogP contribution in [0.5, 0.6) is 0 Å². The Labute approximate surface area is 150 Å². The van der Waals surface area contributed by atoms with Gasteiger partial charge in [0.1, 0.15) is 5.41 Å². The molecule has 0 unspecified atom stereocenters. The van der Waals surface area contributed by atoms with Crippen LogP contribution in [0.4, 0.5) is 5.69 Å². The van der Waals surface area contributed by atoms with Crippen molar-refractivity contribution in [3.05, 3.63) is 29.8 Å². The highest BCUT2D eigenvalue weighted by Gasteiger charge is 2.60. The lowest BCUT2D eigenvalue weighted by Gasteiger charge is -2.31. The molecule has 8 heteroatoms. The van der Waals surface area contributed by atoms with Crippen LogP contribution in [0.3, 0.4) is 0 Å². The van der Waals surface area contributed by atoms with Crippen molar-refractivity contribution in [1.82, 2.24) is 10.2 Å². The van der Waals surface area contributed by atoms with Gasteiger partial charge < -0.3 is 25.0 Å². The molecule has 2 amide bonds. The number of anilines is 1. The first kappa shape index (κ1) is 16.8. The van der Waals surface area contributed by atoms with Crippen LogP contribution in [0.2, 0.25) is 0 Å². The van der Waals surface area contributed by atoms with Crippen LogP contribution in [0.25, 0.3) is 0 Å². The highest BCUT2D eigenvalue weighted by molar-refractivity contribution is 6.02. The van der Waals surface area contributed by atoms with Gasteiger partial charge in [-0.3, -0.25) is 14.4 Å². The number of rotatable bonds is 3. The predicted octanol–water partition coefficient (Wildman–Crippen LogP) is -0.204.